The van der Waals surface area contributed by atoms with Crippen molar-refractivity contribution in [1.29, 1.82) is 0 Å². The smallest absolute Gasteiger partial charge is 0.113 e. The van der Waals surface area contributed by atoms with Gasteiger partial charge in [0.15, 0.2) is 0 Å². The van der Waals surface area contributed by atoms with Gasteiger partial charge >= 0.3 is 0 Å². The van der Waals surface area contributed by atoms with Crippen molar-refractivity contribution in [2.45, 2.75) is 51.0 Å². The Morgan fingerprint density at radius 2 is 1.71 bits per heavy atom. The summed E-state index contributed by atoms with van der Waals surface area (Å²) in [7, 11) is 0. The second kappa shape index (κ2) is 4.46. The second-order valence-corrected chi connectivity index (χ2v) is 5.25. The number of hydrogen-bond donors (Lipinski definition) is 1. The number of aliphatic hydroxyl groups is 1. The van der Waals surface area contributed by atoms with Crippen LogP contribution in [0.2, 0.25) is 0 Å². The van der Waals surface area contributed by atoms with Crippen molar-refractivity contribution in [3.63, 3.8) is 0 Å². The fraction of sp³-hybridized carbons (Fsp3) is 0.714. The molecule has 1 N–H and O–H groups in total. The standard InChI is InChI=1S/C14H20O3/c1-9-12(8-15)14(10-2-3-10)17-13(9)11-4-6-16-7-5-11/h10-11,15H,2-8H2,1H3. The van der Waals surface area contributed by atoms with E-state index in [9.17, 15) is 5.11 Å². The Balaban J connectivity index is 1.92. The minimum atomic E-state index is 0.115. The van der Waals surface area contributed by atoms with Crippen molar-refractivity contribution >= 4 is 0 Å². The van der Waals surface area contributed by atoms with E-state index in [0.717, 1.165) is 43.1 Å². The average Bonchev–Trinajstić information content (AvgIpc) is 3.15. The number of furan rings is 1. The van der Waals surface area contributed by atoms with Crippen LogP contribution in [0.5, 0.6) is 0 Å². The molecule has 0 atom stereocenters. The van der Waals surface area contributed by atoms with Gasteiger partial charge in [0.2, 0.25) is 0 Å². The molecule has 1 aliphatic heterocycles. The maximum Gasteiger partial charge on any atom is 0.113 e. The molecule has 1 aromatic rings. The summed E-state index contributed by atoms with van der Waals surface area (Å²) in [6.07, 6.45) is 4.52. The van der Waals surface area contributed by atoms with Crippen LogP contribution in [0.1, 0.15) is 60.2 Å². The Morgan fingerprint density at radius 1 is 1.06 bits per heavy atom. The lowest BCUT2D eigenvalue weighted by Crippen LogP contribution is -2.14. The first-order chi connectivity index (χ1) is 8.31. The Hall–Kier alpha value is -0.800. The zero-order valence-corrected chi connectivity index (χ0v) is 10.4. The molecule has 1 saturated carbocycles. The van der Waals surface area contributed by atoms with Crippen LogP contribution in [0, 0.1) is 6.92 Å². The van der Waals surface area contributed by atoms with Crippen LogP contribution >= 0.6 is 0 Å². The molecule has 1 aliphatic carbocycles. The Labute approximate surface area is 102 Å². The highest BCUT2D eigenvalue weighted by Crippen LogP contribution is 2.46. The van der Waals surface area contributed by atoms with Crippen LogP contribution in [0.25, 0.3) is 0 Å². The highest BCUT2D eigenvalue weighted by molar-refractivity contribution is 5.37. The molecule has 3 heteroatoms. The zero-order chi connectivity index (χ0) is 11.8. The number of hydrogen-bond acceptors (Lipinski definition) is 3. The number of ether oxygens (including phenoxy) is 1. The van der Waals surface area contributed by atoms with Gasteiger partial charge in [0.05, 0.1) is 6.61 Å². The molecule has 1 aromatic heterocycles. The third-order valence-electron chi connectivity index (χ3n) is 4.04. The molecule has 2 fully saturated rings. The van der Waals surface area contributed by atoms with Crippen molar-refractivity contribution in [2.24, 2.45) is 0 Å². The molecule has 3 rings (SSSR count). The van der Waals surface area contributed by atoms with Crippen LogP contribution in [0.15, 0.2) is 4.42 Å². The van der Waals surface area contributed by atoms with Gasteiger partial charge in [-0.3, -0.25) is 0 Å². The highest BCUT2D eigenvalue weighted by atomic mass is 16.5. The van der Waals surface area contributed by atoms with Gasteiger partial charge in [-0.15, -0.1) is 0 Å². The van der Waals surface area contributed by atoms with E-state index in [0.29, 0.717) is 11.8 Å². The molecule has 0 aromatic carbocycles. The molecule has 0 radical (unpaired) electrons. The summed E-state index contributed by atoms with van der Waals surface area (Å²) in [5, 5.41) is 9.50. The first-order valence-electron chi connectivity index (χ1n) is 6.62. The maximum absolute atomic E-state index is 9.50. The molecule has 1 saturated heterocycles. The Morgan fingerprint density at radius 3 is 2.29 bits per heavy atom. The molecule has 0 amide bonds. The normalized spacial score (nSPS) is 22.0. The molecular formula is C14H20O3. The summed E-state index contributed by atoms with van der Waals surface area (Å²) < 4.78 is 11.5. The lowest BCUT2D eigenvalue weighted by atomic mass is 9.94. The van der Waals surface area contributed by atoms with Crippen LogP contribution in [0.3, 0.4) is 0 Å². The van der Waals surface area contributed by atoms with E-state index in [1.165, 1.54) is 18.4 Å². The summed E-state index contributed by atoms with van der Waals surface area (Å²) in [4.78, 5) is 0. The summed E-state index contributed by atoms with van der Waals surface area (Å²) >= 11 is 0. The molecule has 2 heterocycles. The number of aliphatic hydroxyl groups excluding tert-OH is 1. The molecule has 0 unspecified atom stereocenters. The van der Waals surface area contributed by atoms with E-state index in [1.54, 1.807) is 0 Å². The fourth-order valence-electron chi connectivity index (χ4n) is 2.81. The Bertz CT molecular complexity index is 398. The van der Waals surface area contributed by atoms with Crippen molar-refractivity contribution in [2.75, 3.05) is 13.2 Å². The first kappa shape index (κ1) is 11.3. The van der Waals surface area contributed by atoms with Crippen LogP contribution in [-0.4, -0.2) is 18.3 Å². The fourth-order valence-corrected chi connectivity index (χ4v) is 2.81. The van der Waals surface area contributed by atoms with E-state index in [2.05, 4.69) is 6.92 Å². The van der Waals surface area contributed by atoms with Gasteiger partial charge < -0.3 is 14.3 Å². The molecule has 2 aliphatic rings. The number of rotatable bonds is 3. The van der Waals surface area contributed by atoms with Gasteiger partial charge in [-0.2, -0.15) is 0 Å². The monoisotopic (exact) mass is 236 g/mol. The topological polar surface area (TPSA) is 42.6 Å². The third kappa shape index (κ3) is 2.02. The van der Waals surface area contributed by atoms with E-state index >= 15 is 0 Å². The summed E-state index contributed by atoms with van der Waals surface area (Å²) in [5.41, 5.74) is 2.23. The summed E-state index contributed by atoms with van der Waals surface area (Å²) in [6, 6.07) is 0. The molecule has 94 valence electrons. The second-order valence-electron chi connectivity index (χ2n) is 5.25. The molecule has 0 spiro atoms. The van der Waals surface area contributed by atoms with Crippen molar-refractivity contribution in [3.05, 3.63) is 22.6 Å². The first-order valence-corrected chi connectivity index (χ1v) is 6.62. The van der Waals surface area contributed by atoms with Crippen LogP contribution in [-0.2, 0) is 11.3 Å². The highest BCUT2D eigenvalue weighted by Gasteiger charge is 2.33. The SMILES string of the molecule is Cc1c(C2CCOCC2)oc(C2CC2)c1CO. The predicted molar refractivity (Wildman–Crippen MR) is 64.1 cm³/mol. The van der Waals surface area contributed by atoms with Gasteiger partial charge in [-0.25, -0.2) is 0 Å². The summed E-state index contributed by atoms with van der Waals surface area (Å²) in [5.74, 6) is 3.23. The van der Waals surface area contributed by atoms with Crippen LogP contribution in [0.4, 0.5) is 0 Å². The van der Waals surface area contributed by atoms with Gasteiger partial charge in [-0.1, -0.05) is 0 Å². The van der Waals surface area contributed by atoms with E-state index in [-0.39, 0.29) is 6.61 Å². The van der Waals surface area contributed by atoms with Gasteiger partial charge in [0, 0.05) is 30.6 Å². The van der Waals surface area contributed by atoms with Gasteiger partial charge in [0.1, 0.15) is 11.5 Å². The molecular weight excluding hydrogens is 216 g/mol. The third-order valence-corrected chi connectivity index (χ3v) is 4.04. The quantitative estimate of drug-likeness (QED) is 0.877. The Kier molecular flexibility index (Phi) is 2.97. The van der Waals surface area contributed by atoms with Crippen LogP contribution < -0.4 is 0 Å². The van der Waals surface area contributed by atoms with Gasteiger partial charge in [0.25, 0.3) is 0 Å². The minimum absolute atomic E-state index is 0.115. The van der Waals surface area contributed by atoms with Crippen molar-refractivity contribution < 1.29 is 14.3 Å². The maximum atomic E-state index is 9.50. The van der Waals surface area contributed by atoms with Crippen molar-refractivity contribution in [1.82, 2.24) is 0 Å². The lowest BCUT2D eigenvalue weighted by Gasteiger charge is -2.20. The minimum Gasteiger partial charge on any atom is -0.465 e. The molecule has 17 heavy (non-hydrogen) atoms. The van der Waals surface area contributed by atoms with E-state index < -0.39 is 0 Å². The molecule has 3 nitrogen and oxygen atoms in total. The van der Waals surface area contributed by atoms with E-state index in [4.69, 9.17) is 9.15 Å². The largest absolute Gasteiger partial charge is 0.465 e. The van der Waals surface area contributed by atoms with E-state index in [1.807, 2.05) is 0 Å². The average molecular weight is 236 g/mol. The predicted octanol–water partition coefficient (Wildman–Crippen LogP) is 2.85. The zero-order valence-electron chi connectivity index (χ0n) is 10.4. The van der Waals surface area contributed by atoms with Crippen molar-refractivity contribution in [3.8, 4) is 0 Å². The van der Waals surface area contributed by atoms with Gasteiger partial charge in [-0.05, 0) is 38.2 Å². The lowest BCUT2D eigenvalue weighted by molar-refractivity contribution is 0.0802. The molecule has 0 bridgehead atoms. The summed E-state index contributed by atoms with van der Waals surface area (Å²) in [6.45, 7) is 3.87.